The van der Waals surface area contributed by atoms with Gasteiger partial charge in [-0.3, -0.25) is 0 Å². The van der Waals surface area contributed by atoms with Crippen molar-refractivity contribution in [1.82, 2.24) is 0 Å². The van der Waals surface area contributed by atoms with Gasteiger partial charge in [-0.1, -0.05) is 64.0 Å². The van der Waals surface area contributed by atoms with Gasteiger partial charge in [0.1, 0.15) is 0 Å². The summed E-state index contributed by atoms with van der Waals surface area (Å²) in [7, 11) is 0. The van der Waals surface area contributed by atoms with E-state index in [1.54, 1.807) is 0 Å². The normalized spacial score (nSPS) is 9.62. The molecular formula is C20H28Cr. The number of unbranched alkanes of at least 4 members (excludes halogenated alkanes) is 7. The van der Waals surface area contributed by atoms with Gasteiger partial charge >= 0.3 is 17.4 Å². The van der Waals surface area contributed by atoms with Crippen molar-refractivity contribution >= 4 is 10.8 Å². The molecule has 0 saturated carbocycles. The van der Waals surface area contributed by atoms with E-state index in [2.05, 4.69) is 38.1 Å². The first kappa shape index (κ1) is 20.2. The van der Waals surface area contributed by atoms with Crippen LogP contribution in [0.25, 0.3) is 10.8 Å². The molecule has 0 aliphatic rings. The second kappa shape index (κ2) is 14.2. The number of rotatable bonds is 7. The minimum atomic E-state index is 0. The van der Waals surface area contributed by atoms with Crippen LogP contribution < -0.4 is 0 Å². The number of benzene rings is 2. The average Bonchev–Trinajstić information content (AvgIpc) is 2.52. The van der Waals surface area contributed by atoms with E-state index in [-0.39, 0.29) is 17.4 Å². The minimum Gasteiger partial charge on any atom is -0.343 e. The van der Waals surface area contributed by atoms with E-state index in [1.807, 2.05) is 24.3 Å². The fourth-order valence-electron chi connectivity index (χ4n) is 2.20. The van der Waals surface area contributed by atoms with Crippen molar-refractivity contribution in [2.45, 2.75) is 58.3 Å². The first-order chi connectivity index (χ1) is 9.88. The Kier molecular flexibility index (Phi) is 13.7. The monoisotopic (exact) mass is 320 g/mol. The molecule has 0 bridgehead atoms. The maximum atomic E-state index is 3.82. The van der Waals surface area contributed by atoms with Gasteiger partial charge in [-0.25, -0.2) is 0 Å². The van der Waals surface area contributed by atoms with Crippen LogP contribution in [-0.4, -0.2) is 0 Å². The molecule has 0 heterocycles. The van der Waals surface area contributed by atoms with Crippen LogP contribution in [0.4, 0.5) is 0 Å². The molecule has 0 aliphatic heterocycles. The van der Waals surface area contributed by atoms with Crippen LogP contribution in [0, 0.1) is 13.0 Å². The molecule has 2 aromatic rings. The van der Waals surface area contributed by atoms with E-state index < -0.39 is 0 Å². The number of hydrogen-bond acceptors (Lipinski definition) is 0. The third-order valence-electron chi connectivity index (χ3n) is 3.43. The molecule has 2 rings (SSSR count). The summed E-state index contributed by atoms with van der Waals surface area (Å²) in [6.07, 6.45) is 10.9. The zero-order chi connectivity index (χ0) is 14.5. The van der Waals surface area contributed by atoms with Gasteiger partial charge in [-0.15, -0.1) is 47.2 Å². The van der Waals surface area contributed by atoms with Gasteiger partial charge in [0.25, 0.3) is 0 Å². The van der Waals surface area contributed by atoms with Gasteiger partial charge < -0.3 is 6.92 Å². The molecule has 114 valence electrons. The molecule has 0 unspecified atom stereocenters. The van der Waals surface area contributed by atoms with E-state index in [0.717, 1.165) is 6.42 Å². The van der Waals surface area contributed by atoms with Crippen LogP contribution in [-0.2, 0) is 17.4 Å². The van der Waals surface area contributed by atoms with Gasteiger partial charge in [0.15, 0.2) is 0 Å². The van der Waals surface area contributed by atoms with Crippen LogP contribution in [0.3, 0.4) is 0 Å². The van der Waals surface area contributed by atoms with Crippen LogP contribution in [0.15, 0.2) is 42.5 Å². The zero-order valence-electron chi connectivity index (χ0n) is 13.3. The van der Waals surface area contributed by atoms with Gasteiger partial charge in [0.2, 0.25) is 0 Å². The van der Waals surface area contributed by atoms with Gasteiger partial charge in [-0.2, -0.15) is 6.42 Å². The van der Waals surface area contributed by atoms with E-state index in [9.17, 15) is 0 Å². The molecule has 0 nitrogen and oxygen atoms in total. The molecule has 0 radical (unpaired) electrons. The van der Waals surface area contributed by atoms with E-state index in [0.29, 0.717) is 0 Å². The Bertz CT molecular complexity index is 377. The Balaban J connectivity index is 0.000000364. The van der Waals surface area contributed by atoms with Crippen LogP contribution in [0.1, 0.15) is 58.3 Å². The standard InChI is InChI=1S/C10H7.C10H21.Cr/c1-2-6-10-8-4-3-7-9(10)5-1;1-3-5-7-9-10-8-6-4-2;/h1-7H;1,3-10H2,2H3;/q2*-1;+2. The summed E-state index contributed by atoms with van der Waals surface area (Å²) in [5.74, 6) is 0. The quantitative estimate of drug-likeness (QED) is 0.398. The van der Waals surface area contributed by atoms with Crippen LogP contribution in [0.2, 0.25) is 0 Å². The minimum absolute atomic E-state index is 0. The third kappa shape index (κ3) is 9.73. The van der Waals surface area contributed by atoms with Gasteiger partial charge in [-0.05, 0) is 0 Å². The molecule has 1 heteroatoms. The zero-order valence-corrected chi connectivity index (χ0v) is 14.6. The topological polar surface area (TPSA) is 0 Å². The molecule has 2 aromatic carbocycles. The summed E-state index contributed by atoms with van der Waals surface area (Å²) in [4.78, 5) is 0. The first-order valence-electron chi connectivity index (χ1n) is 8.03. The molecule has 0 spiro atoms. The third-order valence-corrected chi connectivity index (χ3v) is 3.43. The summed E-state index contributed by atoms with van der Waals surface area (Å²) in [5, 5.41) is 2.44. The predicted octanol–water partition coefficient (Wildman–Crippen LogP) is 6.60. The smallest absolute Gasteiger partial charge is 0.343 e. The predicted molar refractivity (Wildman–Crippen MR) is 90.8 cm³/mol. The Hall–Kier alpha value is -0.768. The Morgan fingerprint density at radius 1 is 0.857 bits per heavy atom. The van der Waals surface area contributed by atoms with Crippen molar-refractivity contribution in [2.24, 2.45) is 0 Å². The number of hydrogen-bond donors (Lipinski definition) is 0. The van der Waals surface area contributed by atoms with Crippen molar-refractivity contribution < 1.29 is 17.4 Å². The van der Waals surface area contributed by atoms with E-state index in [1.165, 1.54) is 55.7 Å². The first-order valence-corrected chi connectivity index (χ1v) is 8.03. The summed E-state index contributed by atoms with van der Waals surface area (Å²) < 4.78 is 0. The molecular weight excluding hydrogens is 292 g/mol. The second-order valence-electron chi connectivity index (χ2n) is 5.23. The van der Waals surface area contributed by atoms with Crippen molar-refractivity contribution in [3.8, 4) is 0 Å². The molecule has 0 aromatic heterocycles. The maximum absolute atomic E-state index is 3.82. The molecule has 0 aliphatic carbocycles. The van der Waals surface area contributed by atoms with E-state index in [4.69, 9.17) is 0 Å². The molecule has 0 atom stereocenters. The van der Waals surface area contributed by atoms with Gasteiger partial charge in [0.05, 0.1) is 0 Å². The Morgan fingerprint density at radius 3 is 2.14 bits per heavy atom. The summed E-state index contributed by atoms with van der Waals surface area (Å²) >= 11 is 0. The summed E-state index contributed by atoms with van der Waals surface area (Å²) in [5.41, 5.74) is 0. The summed E-state index contributed by atoms with van der Waals surface area (Å²) in [6, 6.07) is 17.4. The van der Waals surface area contributed by atoms with Crippen LogP contribution >= 0.6 is 0 Å². The largest absolute Gasteiger partial charge is 2.00 e. The van der Waals surface area contributed by atoms with Crippen LogP contribution in [0.5, 0.6) is 0 Å². The molecule has 21 heavy (non-hydrogen) atoms. The summed E-state index contributed by atoms with van der Waals surface area (Å²) in [6.45, 7) is 6.08. The molecule has 0 amide bonds. The molecule has 0 N–H and O–H groups in total. The fourth-order valence-corrected chi connectivity index (χ4v) is 2.20. The second-order valence-corrected chi connectivity index (χ2v) is 5.23. The maximum Gasteiger partial charge on any atom is 2.00 e. The van der Waals surface area contributed by atoms with Crippen molar-refractivity contribution in [3.63, 3.8) is 0 Å². The average molecular weight is 320 g/mol. The molecule has 0 fully saturated rings. The SMILES string of the molecule is [CH2-]CCCCCCCCC.[Cr+2].[c-]1cccc2ccccc12. The van der Waals surface area contributed by atoms with Crippen molar-refractivity contribution in [2.75, 3.05) is 0 Å². The van der Waals surface area contributed by atoms with Crippen molar-refractivity contribution in [3.05, 3.63) is 55.5 Å². The number of fused-ring (bicyclic) bond motifs is 1. The Morgan fingerprint density at radius 2 is 1.48 bits per heavy atom. The van der Waals surface area contributed by atoms with Crippen molar-refractivity contribution in [1.29, 1.82) is 0 Å². The Labute approximate surface area is 142 Å². The fraction of sp³-hybridized carbons (Fsp3) is 0.450. The van der Waals surface area contributed by atoms with Gasteiger partial charge in [0, 0.05) is 0 Å². The molecule has 0 saturated heterocycles. The van der Waals surface area contributed by atoms with E-state index >= 15 is 0 Å².